The molecule has 0 aliphatic heterocycles. The van der Waals surface area contributed by atoms with E-state index in [1.165, 1.54) is 0 Å². The molecule has 1 unspecified atom stereocenters. The molecule has 0 aromatic heterocycles. The van der Waals surface area contributed by atoms with Crippen LogP contribution in [0.25, 0.3) is 0 Å². The highest BCUT2D eigenvalue weighted by molar-refractivity contribution is 5.80. The fourth-order valence-corrected chi connectivity index (χ4v) is 1.41. The lowest BCUT2D eigenvalue weighted by Gasteiger charge is -2.23. The van der Waals surface area contributed by atoms with Gasteiger partial charge in [0.1, 0.15) is 0 Å². The van der Waals surface area contributed by atoms with E-state index >= 15 is 0 Å². The summed E-state index contributed by atoms with van der Waals surface area (Å²) in [6.45, 7) is 1.86. The molecule has 0 spiro atoms. The van der Waals surface area contributed by atoms with Gasteiger partial charge in [0.05, 0.1) is 6.04 Å². The van der Waals surface area contributed by atoms with E-state index in [4.69, 9.17) is 6.42 Å². The van der Waals surface area contributed by atoms with Crippen LogP contribution in [-0.4, -0.2) is 23.9 Å². The van der Waals surface area contributed by atoms with Crippen molar-refractivity contribution in [2.45, 2.75) is 25.8 Å². The molecule has 2 heteroatoms. The van der Waals surface area contributed by atoms with Gasteiger partial charge in [0.25, 0.3) is 0 Å². The van der Waals surface area contributed by atoms with Crippen molar-refractivity contribution in [1.82, 2.24) is 4.90 Å². The SMILES string of the molecule is C#CC(C)N(C)C(=O)C1CC=CC1. The average molecular weight is 177 g/mol. The Bertz CT molecular complexity index is 254. The van der Waals surface area contributed by atoms with Crippen molar-refractivity contribution >= 4 is 5.91 Å². The normalized spacial score (nSPS) is 18.2. The number of carbonyl (C=O) groups excluding carboxylic acids is 1. The van der Waals surface area contributed by atoms with Gasteiger partial charge in [-0.25, -0.2) is 0 Å². The number of amides is 1. The second-order valence-corrected chi connectivity index (χ2v) is 3.43. The number of carbonyl (C=O) groups is 1. The van der Waals surface area contributed by atoms with Crippen LogP contribution in [0.2, 0.25) is 0 Å². The second-order valence-electron chi connectivity index (χ2n) is 3.43. The van der Waals surface area contributed by atoms with Crippen molar-refractivity contribution in [3.8, 4) is 12.3 Å². The van der Waals surface area contributed by atoms with Crippen molar-refractivity contribution in [2.75, 3.05) is 7.05 Å². The van der Waals surface area contributed by atoms with Crippen molar-refractivity contribution in [1.29, 1.82) is 0 Å². The Kier molecular flexibility index (Phi) is 3.13. The minimum atomic E-state index is -0.104. The number of terminal acetylenes is 1. The zero-order valence-corrected chi connectivity index (χ0v) is 8.16. The van der Waals surface area contributed by atoms with E-state index < -0.39 is 0 Å². The first-order chi connectivity index (χ1) is 6.16. The zero-order chi connectivity index (χ0) is 9.84. The molecule has 0 aromatic rings. The minimum Gasteiger partial charge on any atom is -0.332 e. The third-order valence-electron chi connectivity index (χ3n) is 2.53. The molecule has 0 aromatic carbocycles. The summed E-state index contributed by atoms with van der Waals surface area (Å²) in [5.41, 5.74) is 0. The highest BCUT2D eigenvalue weighted by Crippen LogP contribution is 2.20. The molecule has 0 saturated carbocycles. The molecule has 2 nitrogen and oxygen atoms in total. The van der Waals surface area contributed by atoms with E-state index in [0.29, 0.717) is 0 Å². The van der Waals surface area contributed by atoms with Crippen LogP contribution in [0.3, 0.4) is 0 Å². The first kappa shape index (κ1) is 9.85. The molecule has 0 N–H and O–H groups in total. The molecular formula is C11H15NO. The Morgan fingerprint density at radius 2 is 2.15 bits per heavy atom. The van der Waals surface area contributed by atoms with E-state index in [0.717, 1.165) is 12.8 Å². The number of nitrogens with zero attached hydrogens (tertiary/aromatic N) is 1. The molecule has 13 heavy (non-hydrogen) atoms. The summed E-state index contributed by atoms with van der Waals surface area (Å²) in [6.07, 6.45) is 11.1. The first-order valence-electron chi connectivity index (χ1n) is 4.54. The fourth-order valence-electron chi connectivity index (χ4n) is 1.41. The van der Waals surface area contributed by atoms with Crippen LogP contribution in [0.4, 0.5) is 0 Å². The van der Waals surface area contributed by atoms with Crippen LogP contribution in [0.5, 0.6) is 0 Å². The lowest BCUT2D eigenvalue weighted by Crippen LogP contribution is -2.37. The molecule has 0 bridgehead atoms. The van der Waals surface area contributed by atoms with Gasteiger partial charge in [0, 0.05) is 13.0 Å². The predicted molar refractivity (Wildman–Crippen MR) is 52.9 cm³/mol. The summed E-state index contributed by atoms with van der Waals surface area (Å²) in [5.74, 6) is 2.84. The lowest BCUT2D eigenvalue weighted by molar-refractivity contribution is -0.134. The van der Waals surface area contributed by atoms with Gasteiger partial charge in [-0.2, -0.15) is 0 Å². The number of hydrogen-bond acceptors (Lipinski definition) is 1. The van der Waals surface area contributed by atoms with E-state index in [1.807, 2.05) is 6.92 Å². The first-order valence-corrected chi connectivity index (χ1v) is 4.54. The van der Waals surface area contributed by atoms with E-state index in [1.54, 1.807) is 11.9 Å². The molecule has 0 fully saturated rings. The molecule has 1 atom stereocenters. The van der Waals surface area contributed by atoms with Crippen LogP contribution in [-0.2, 0) is 4.79 Å². The Morgan fingerprint density at radius 1 is 1.62 bits per heavy atom. The van der Waals surface area contributed by atoms with E-state index in [-0.39, 0.29) is 17.9 Å². The van der Waals surface area contributed by atoms with Crippen LogP contribution >= 0.6 is 0 Å². The van der Waals surface area contributed by atoms with Gasteiger partial charge < -0.3 is 4.90 Å². The summed E-state index contributed by atoms with van der Waals surface area (Å²) >= 11 is 0. The molecular weight excluding hydrogens is 162 g/mol. The second kappa shape index (κ2) is 4.13. The number of allylic oxidation sites excluding steroid dienone is 2. The van der Waals surface area contributed by atoms with Crippen LogP contribution in [0.15, 0.2) is 12.2 Å². The Labute approximate surface area is 79.6 Å². The third kappa shape index (κ3) is 2.12. The van der Waals surface area contributed by atoms with Gasteiger partial charge in [0.2, 0.25) is 5.91 Å². The van der Waals surface area contributed by atoms with Crippen molar-refractivity contribution in [3.05, 3.63) is 12.2 Å². The molecule has 1 rings (SSSR count). The molecule has 0 saturated heterocycles. The van der Waals surface area contributed by atoms with Gasteiger partial charge in [0.15, 0.2) is 0 Å². The third-order valence-corrected chi connectivity index (χ3v) is 2.53. The number of rotatable bonds is 2. The Morgan fingerprint density at radius 3 is 2.62 bits per heavy atom. The van der Waals surface area contributed by atoms with Gasteiger partial charge in [-0.15, -0.1) is 6.42 Å². The molecule has 1 aliphatic carbocycles. The van der Waals surface area contributed by atoms with Crippen molar-refractivity contribution in [3.63, 3.8) is 0 Å². The summed E-state index contributed by atoms with van der Waals surface area (Å²) < 4.78 is 0. The van der Waals surface area contributed by atoms with Gasteiger partial charge in [-0.3, -0.25) is 4.79 Å². The zero-order valence-electron chi connectivity index (χ0n) is 8.16. The molecule has 0 radical (unpaired) electrons. The Balaban J connectivity index is 2.52. The predicted octanol–water partition coefficient (Wildman–Crippen LogP) is 1.43. The summed E-state index contributed by atoms with van der Waals surface area (Å²) in [5, 5.41) is 0. The maximum atomic E-state index is 11.7. The Hall–Kier alpha value is -1.23. The summed E-state index contributed by atoms with van der Waals surface area (Å²) in [4.78, 5) is 13.4. The highest BCUT2D eigenvalue weighted by Gasteiger charge is 2.24. The molecule has 0 heterocycles. The van der Waals surface area contributed by atoms with Gasteiger partial charge >= 0.3 is 0 Å². The maximum Gasteiger partial charge on any atom is 0.227 e. The lowest BCUT2D eigenvalue weighted by atomic mass is 10.1. The topological polar surface area (TPSA) is 20.3 Å². The van der Waals surface area contributed by atoms with Crippen molar-refractivity contribution < 1.29 is 4.79 Å². The highest BCUT2D eigenvalue weighted by atomic mass is 16.2. The van der Waals surface area contributed by atoms with Gasteiger partial charge in [-0.1, -0.05) is 18.1 Å². The van der Waals surface area contributed by atoms with Crippen LogP contribution in [0.1, 0.15) is 19.8 Å². The monoisotopic (exact) mass is 177 g/mol. The average Bonchev–Trinajstić information content (AvgIpc) is 2.67. The van der Waals surface area contributed by atoms with Gasteiger partial charge in [-0.05, 0) is 19.8 Å². The van der Waals surface area contributed by atoms with Crippen LogP contribution in [0, 0.1) is 18.3 Å². The van der Waals surface area contributed by atoms with E-state index in [9.17, 15) is 4.79 Å². The summed E-state index contributed by atoms with van der Waals surface area (Å²) in [6, 6.07) is -0.104. The standard InChI is InChI=1S/C11H15NO/c1-4-9(2)12(3)11(13)10-7-5-6-8-10/h1,5-6,9-10H,7-8H2,2-3H3. The maximum absolute atomic E-state index is 11.7. The quantitative estimate of drug-likeness (QED) is 0.461. The fraction of sp³-hybridized carbons (Fsp3) is 0.545. The minimum absolute atomic E-state index is 0.104. The van der Waals surface area contributed by atoms with Crippen LogP contribution < -0.4 is 0 Å². The molecule has 70 valence electrons. The van der Waals surface area contributed by atoms with E-state index in [2.05, 4.69) is 18.1 Å². The number of hydrogen-bond donors (Lipinski definition) is 0. The van der Waals surface area contributed by atoms with Crippen molar-refractivity contribution in [2.24, 2.45) is 5.92 Å². The smallest absolute Gasteiger partial charge is 0.227 e. The largest absolute Gasteiger partial charge is 0.332 e. The molecule has 1 amide bonds. The summed E-state index contributed by atoms with van der Waals surface area (Å²) in [7, 11) is 1.77. The molecule has 1 aliphatic rings.